The summed E-state index contributed by atoms with van der Waals surface area (Å²) in [5.74, 6) is -0.542. The third-order valence-electron chi connectivity index (χ3n) is 4.61. The minimum Gasteiger partial charge on any atom is -0.453 e. The molecule has 1 amide bonds. The largest absolute Gasteiger partial charge is 0.453 e. The summed E-state index contributed by atoms with van der Waals surface area (Å²) in [5, 5.41) is 0. The topological polar surface area (TPSA) is 55.8 Å². The van der Waals surface area contributed by atoms with E-state index in [4.69, 9.17) is 9.47 Å². The number of methoxy groups -OCH3 is 1. The summed E-state index contributed by atoms with van der Waals surface area (Å²) in [6.07, 6.45) is 1.58. The summed E-state index contributed by atoms with van der Waals surface area (Å²) < 4.78 is 10.5. The van der Waals surface area contributed by atoms with Crippen LogP contribution >= 0.6 is 22.6 Å². The summed E-state index contributed by atoms with van der Waals surface area (Å²) in [4.78, 5) is 26.5. The maximum Gasteiger partial charge on any atom is 0.412 e. The van der Waals surface area contributed by atoms with Crippen molar-refractivity contribution in [1.29, 1.82) is 0 Å². The van der Waals surface area contributed by atoms with Gasteiger partial charge in [-0.1, -0.05) is 66.6 Å². The number of ether oxygens (including phenoxy) is 2. The molecule has 4 atom stereocenters. The van der Waals surface area contributed by atoms with Crippen molar-refractivity contribution in [2.45, 2.75) is 42.4 Å². The van der Waals surface area contributed by atoms with Gasteiger partial charge in [-0.05, 0) is 17.5 Å². The molecule has 124 valence electrons. The summed E-state index contributed by atoms with van der Waals surface area (Å²) in [5.41, 5.74) is 2.17. The van der Waals surface area contributed by atoms with Gasteiger partial charge in [-0.2, -0.15) is 0 Å². The number of esters is 1. The van der Waals surface area contributed by atoms with Gasteiger partial charge in [0.05, 0.1) is 23.0 Å². The fourth-order valence-corrected chi connectivity index (χ4v) is 4.58. The van der Waals surface area contributed by atoms with Crippen LogP contribution in [0.4, 0.5) is 4.79 Å². The molecule has 6 heteroatoms. The molecule has 0 unspecified atom stereocenters. The van der Waals surface area contributed by atoms with E-state index in [1.807, 2.05) is 18.2 Å². The van der Waals surface area contributed by atoms with E-state index >= 15 is 0 Å². The highest BCUT2D eigenvalue weighted by Crippen LogP contribution is 2.51. The SMILES string of the molecule is CCCC[C@H]1C(=O)O[C@H]2[C@@H](I)c3ccccc3[C@@H]1N2C(=O)OC. The first kappa shape index (κ1) is 16.5. The minimum atomic E-state index is -0.603. The number of carbonyl (C=O) groups excluding carboxylic acids is 2. The third-order valence-corrected chi connectivity index (χ3v) is 5.90. The van der Waals surface area contributed by atoms with E-state index in [2.05, 4.69) is 35.6 Å². The van der Waals surface area contributed by atoms with E-state index in [1.54, 1.807) is 4.90 Å². The lowest BCUT2D eigenvalue weighted by atomic mass is 9.80. The fourth-order valence-electron chi connectivity index (χ4n) is 3.52. The first-order valence-electron chi connectivity index (χ1n) is 7.89. The second kappa shape index (κ2) is 6.67. The van der Waals surface area contributed by atoms with Crippen molar-refractivity contribution in [2.24, 2.45) is 5.92 Å². The maximum absolute atomic E-state index is 12.5. The first-order valence-corrected chi connectivity index (χ1v) is 9.14. The van der Waals surface area contributed by atoms with Gasteiger partial charge in [0.25, 0.3) is 0 Å². The van der Waals surface area contributed by atoms with Crippen LogP contribution in [-0.4, -0.2) is 30.3 Å². The van der Waals surface area contributed by atoms with Crippen molar-refractivity contribution in [2.75, 3.05) is 7.11 Å². The summed E-state index contributed by atoms with van der Waals surface area (Å²) in [6, 6.07) is 7.69. The molecule has 0 N–H and O–H groups in total. The molecule has 2 heterocycles. The number of carbonyl (C=O) groups is 2. The Hall–Kier alpha value is -1.31. The quantitative estimate of drug-likeness (QED) is 0.415. The number of nitrogens with zero attached hydrogens (tertiary/aromatic N) is 1. The van der Waals surface area contributed by atoms with E-state index in [0.29, 0.717) is 6.42 Å². The van der Waals surface area contributed by atoms with Crippen molar-refractivity contribution in [1.82, 2.24) is 4.90 Å². The fraction of sp³-hybridized carbons (Fsp3) is 0.529. The zero-order valence-electron chi connectivity index (χ0n) is 13.2. The maximum atomic E-state index is 12.5. The molecule has 0 saturated carbocycles. The lowest BCUT2D eigenvalue weighted by molar-refractivity contribution is -0.185. The molecule has 1 saturated heterocycles. The van der Waals surface area contributed by atoms with Gasteiger partial charge in [0, 0.05) is 0 Å². The van der Waals surface area contributed by atoms with Crippen LogP contribution in [-0.2, 0) is 14.3 Å². The Morgan fingerprint density at radius 2 is 2.04 bits per heavy atom. The number of unbranched alkanes of at least 4 members (excludes halogenated alkanes) is 1. The van der Waals surface area contributed by atoms with E-state index in [-0.39, 0.29) is 21.9 Å². The van der Waals surface area contributed by atoms with E-state index in [1.165, 1.54) is 7.11 Å². The van der Waals surface area contributed by atoms with Gasteiger partial charge in [0.15, 0.2) is 6.23 Å². The Morgan fingerprint density at radius 3 is 2.70 bits per heavy atom. The van der Waals surface area contributed by atoms with Gasteiger partial charge < -0.3 is 9.47 Å². The Labute approximate surface area is 149 Å². The number of fused-ring (bicyclic) bond motifs is 4. The molecule has 1 aromatic rings. The molecule has 2 bridgehead atoms. The van der Waals surface area contributed by atoms with Gasteiger partial charge in [-0.25, -0.2) is 4.79 Å². The number of rotatable bonds is 3. The van der Waals surface area contributed by atoms with Crippen LogP contribution in [0, 0.1) is 5.92 Å². The molecule has 1 aromatic carbocycles. The molecule has 0 aromatic heterocycles. The standard InChI is InChI=1S/C17H20INO4/c1-3-4-7-12-14-11-9-6-5-8-10(11)13(18)15(23-16(12)20)19(14)17(21)22-2/h5-6,8-9,12-15H,3-4,7H2,1-2H3/t12-,13+,14+,15+/m1/s1. The predicted molar refractivity (Wildman–Crippen MR) is 93.1 cm³/mol. The molecular weight excluding hydrogens is 409 g/mol. The van der Waals surface area contributed by atoms with Crippen LogP contribution in [0.1, 0.15) is 47.3 Å². The normalized spacial score (nSPS) is 28.8. The Morgan fingerprint density at radius 1 is 1.35 bits per heavy atom. The Balaban J connectivity index is 2.10. The highest BCUT2D eigenvalue weighted by atomic mass is 127. The average Bonchev–Trinajstić information content (AvgIpc) is 2.57. The van der Waals surface area contributed by atoms with E-state index < -0.39 is 12.3 Å². The van der Waals surface area contributed by atoms with Gasteiger partial charge >= 0.3 is 12.1 Å². The van der Waals surface area contributed by atoms with E-state index in [0.717, 1.165) is 24.0 Å². The second-order valence-electron chi connectivity index (χ2n) is 5.93. The van der Waals surface area contributed by atoms with Crippen LogP contribution in [0.15, 0.2) is 24.3 Å². The molecule has 2 aliphatic heterocycles. The zero-order chi connectivity index (χ0) is 16.6. The molecule has 3 rings (SSSR count). The monoisotopic (exact) mass is 429 g/mol. The Kier molecular flexibility index (Phi) is 4.79. The van der Waals surface area contributed by atoms with Crippen molar-refractivity contribution < 1.29 is 19.1 Å². The van der Waals surface area contributed by atoms with Gasteiger partial charge in [0.2, 0.25) is 0 Å². The highest BCUT2D eigenvalue weighted by molar-refractivity contribution is 14.1. The molecule has 1 fully saturated rings. The number of hydrogen-bond acceptors (Lipinski definition) is 4. The third kappa shape index (κ3) is 2.70. The smallest absolute Gasteiger partial charge is 0.412 e. The van der Waals surface area contributed by atoms with Crippen LogP contribution in [0.5, 0.6) is 0 Å². The number of benzene rings is 1. The van der Waals surface area contributed by atoms with Crippen molar-refractivity contribution in [3.63, 3.8) is 0 Å². The second-order valence-corrected chi connectivity index (χ2v) is 7.27. The number of halogens is 1. The number of hydrogen-bond donors (Lipinski definition) is 0. The van der Waals surface area contributed by atoms with Crippen molar-refractivity contribution in [3.05, 3.63) is 35.4 Å². The summed E-state index contributed by atoms with van der Waals surface area (Å²) >= 11 is 2.24. The molecular formula is C17H20INO4. The zero-order valence-corrected chi connectivity index (χ0v) is 15.4. The van der Waals surface area contributed by atoms with Gasteiger partial charge in [-0.3, -0.25) is 9.69 Å². The highest BCUT2D eigenvalue weighted by Gasteiger charge is 2.53. The lowest BCUT2D eigenvalue weighted by Gasteiger charge is -2.50. The molecule has 23 heavy (non-hydrogen) atoms. The number of alkyl halides is 1. The summed E-state index contributed by atoms with van der Waals surface area (Å²) in [7, 11) is 1.36. The molecule has 0 radical (unpaired) electrons. The average molecular weight is 429 g/mol. The lowest BCUT2D eigenvalue weighted by Crippen LogP contribution is -2.57. The van der Waals surface area contributed by atoms with Crippen LogP contribution in [0.25, 0.3) is 0 Å². The molecule has 0 aliphatic carbocycles. The predicted octanol–water partition coefficient (Wildman–Crippen LogP) is 3.98. The Bertz CT molecular complexity index is 620. The van der Waals surface area contributed by atoms with Crippen LogP contribution < -0.4 is 0 Å². The van der Waals surface area contributed by atoms with Crippen LogP contribution in [0.2, 0.25) is 0 Å². The molecule has 2 aliphatic rings. The van der Waals surface area contributed by atoms with Gasteiger partial charge in [0.1, 0.15) is 0 Å². The molecule has 0 spiro atoms. The summed E-state index contributed by atoms with van der Waals surface area (Å²) in [6.45, 7) is 2.09. The molecule has 5 nitrogen and oxygen atoms in total. The minimum absolute atomic E-state index is 0.102. The first-order chi connectivity index (χ1) is 11.1. The number of amides is 1. The van der Waals surface area contributed by atoms with E-state index in [9.17, 15) is 9.59 Å². The van der Waals surface area contributed by atoms with Gasteiger partial charge in [-0.15, -0.1) is 0 Å². The van der Waals surface area contributed by atoms with Crippen molar-refractivity contribution in [3.8, 4) is 0 Å². The van der Waals surface area contributed by atoms with Crippen molar-refractivity contribution >= 4 is 34.7 Å². The van der Waals surface area contributed by atoms with Crippen LogP contribution in [0.3, 0.4) is 0 Å².